The highest BCUT2D eigenvalue weighted by molar-refractivity contribution is 6.13. The standard InChI is InChI=1S/C46H29N5/c1-3-12-30(13-4-1)31-21-23-36-35-17-8-10-20-41(35)51(42(36)26-31)45-28-44-39(29-48-45)38-18-11-25-47-46(38)50(44)33-22-24-37-34-16-7-9-19-40(34)49(43(37)27-33)32-14-5-2-6-15-32/h1-29H/i8D,10D,11D,17D,18D,20D,21D,23D,25D,28D,29D. The summed E-state index contributed by atoms with van der Waals surface area (Å²) in [4.78, 5) is 9.16. The average Bonchev–Trinajstić information content (AvgIpc) is 3.93. The first-order valence-electron chi connectivity index (χ1n) is 21.9. The predicted molar refractivity (Wildman–Crippen MR) is 210 cm³/mol. The number of fused-ring (bicyclic) bond motifs is 9. The number of para-hydroxylation sites is 3. The number of hydrogen-bond acceptors (Lipinski definition) is 2. The van der Waals surface area contributed by atoms with Crippen molar-refractivity contribution in [2.75, 3.05) is 0 Å². The molecule has 11 aromatic rings. The summed E-state index contributed by atoms with van der Waals surface area (Å²) in [5, 5.41) is 2.02. The first-order chi connectivity index (χ1) is 29.9. The molecule has 5 heteroatoms. The monoisotopic (exact) mass is 662 g/mol. The molecule has 11 rings (SSSR count). The van der Waals surface area contributed by atoms with Crippen LogP contribution in [0.5, 0.6) is 0 Å². The SMILES string of the molecule is [2H]c1nc2c(c([2H])c1[2H])c1c([2H])nc(-n3c4cc(-c5ccccc5)c([2H])c([2H])c4c4c([2H])c([2H])c([2H])c([2H])c43)c([2H])c1n2-c1ccc2c3ccccc3n(-c3ccccc3)c2c1. The molecular weight excluding hydrogens is 623 g/mol. The van der Waals surface area contributed by atoms with E-state index in [1.165, 1.54) is 4.57 Å². The Kier molecular flexibility index (Phi) is 4.07. The molecule has 6 aromatic carbocycles. The molecular formula is C46H29N5. The van der Waals surface area contributed by atoms with Crippen molar-refractivity contribution in [1.29, 1.82) is 0 Å². The maximum Gasteiger partial charge on any atom is 0.145 e. The minimum absolute atomic E-state index is 0.0331. The van der Waals surface area contributed by atoms with Crippen LogP contribution in [0.1, 0.15) is 15.1 Å². The van der Waals surface area contributed by atoms with Gasteiger partial charge in [-0.2, -0.15) is 0 Å². The summed E-state index contributed by atoms with van der Waals surface area (Å²) in [7, 11) is 0. The third-order valence-corrected chi connectivity index (χ3v) is 9.52. The summed E-state index contributed by atoms with van der Waals surface area (Å²) in [6.07, 6.45) is -0.887. The van der Waals surface area contributed by atoms with Gasteiger partial charge in [-0.25, -0.2) is 9.97 Å². The van der Waals surface area contributed by atoms with E-state index >= 15 is 0 Å². The van der Waals surface area contributed by atoms with Gasteiger partial charge in [0.05, 0.1) is 42.7 Å². The minimum Gasteiger partial charge on any atom is -0.309 e. The fourth-order valence-electron chi connectivity index (χ4n) is 7.31. The first-order valence-corrected chi connectivity index (χ1v) is 16.4. The lowest BCUT2D eigenvalue weighted by Gasteiger charge is -2.12. The van der Waals surface area contributed by atoms with Gasteiger partial charge >= 0.3 is 0 Å². The number of benzene rings is 6. The van der Waals surface area contributed by atoms with Crippen molar-refractivity contribution in [3.8, 4) is 28.3 Å². The third kappa shape index (κ3) is 4.09. The maximum atomic E-state index is 10.1. The van der Waals surface area contributed by atoms with E-state index in [0.29, 0.717) is 16.8 Å². The second-order valence-electron chi connectivity index (χ2n) is 12.3. The van der Waals surface area contributed by atoms with Crippen LogP contribution in [-0.4, -0.2) is 23.7 Å². The predicted octanol–water partition coefficient (Wildman–Crippen LogP) is 11.4. The highest BCUT2D eigenvalue weighted by Gasteiger charge is 2.20. The second kappa shape index (κ2) is 10.8. The van der Waals surface area contributed by atoms with E-state index in [4.69, 9.17) is 9.60 Å². The fourth-order valence-corrected chi connectivity index (χ4v) is 7.31. The summed E-state index contributed by atoms with van der Waals surface area (Å²) >= 11 is 0. The number of hydrogen-bond donors (Lipinski definition) is 0. The van der Waals surface area contributed by atoms with Crippen LogP contribution in [0.2, 0.25) is 0 Å². The molecule has 0 aliphatic carbocycles. The molecule has 0 N–H and O–H groups in total. The summed E-state index contributed by atoms with van der Waals surface area (Å²) in [5.41, 5.74) is 4.24. The Morgan fingerprint density at radius 1 is 0.431 bits per heavy atom. The topological polar surface area (TPSA) is 40.6 Å². The quantitative estimate of drug-likeness (QED) is 0.188. The van der Waals surface area contributed by atoms with Gasteiger partial charge in [0.2, 0.25) is 0 Å². The van der Waals surface area contributed by atoms with E-state index in [-0.39, 0.29) is 73.7 Å². The van der Waals surface area contributed by atoms with Crippen molar-refractivity contribution in [2.24, 2.45) is 0 Å². The Labute approximate surface area is 308 Å². The van der Waals surface area contributed by atoms with Gasteiger partial charge < -0.3 is 4.57 Å². The molecule has 0 spiro atoms. The van der Waals surface area contributed by atoms with Crippen LogP contribution in [0.3, 0.4) is 0 Å². The maximum absolute atomic E-state index is 10.1. The highest BCUT2D eigenvalue weighted by atomic mass is 15.1. The summed E-state index contributed by atoms with van der Waals surface area (Å²) in [6, 6.07) is 30.5. The van der Waals surface area contributed by atoms with Gasteiger partial charge in [0.15, 0.2) is 0 Å². The van der Waals surface area contributed by atoms with E-state index < -0.39 is 42.6 Å². The first kappa shape index (κ1) is 19.3. The van der Waals surface area contributed by atoms with Gasteiger partial charge in [-0.15, -0.1) is 0 Å². The molecule has 0 saturated carbocycles. The van der Waals surface area contributed by atoms with Crippen LogP contribution in [0, 0.1) is 0 Å². The average molecular weight is 663 g/mol. The van der Waals surface area contributed by atoms with E-state index in [1.54, 1.807) is 34.9 Å². The molecule has 0 atom stereocenters. The van der Waals surface area contributed by atoms with Crippen molar-refractivity contribution in [3.63, 3.8) is 0 Å². The largest absolute Gasteiger partial charge is 0.309 e. The lowest BCUT2D eigenvalue weighted by molar-refractivity contribution is 1.08. The summed E-state index contributed by atoms with van der Waals surface area (Å²) in [5.74, 6) is -0.212. The molecule has 238 valence electrons. The van der Waals surface area contributed by atoms with Gasteiger partial charge in [-0.3, -0.25) is 9.13 Å². The minimum atomic E-state index is -0.559. The highest BCUT2D eigenvalue weighted by Crippen LogP contribution is 2.38. The fraction of sp³-hybridized carbons (Fsp3) is 0. The van der Waals surface area contributed by atoms with Crippen LogP contribution in [-0.2, 0) is 0 Å². The molecule has 5 heterocycles. The van der Waals surface area contributed by atoms with E-state index in [2.05, 4.69) is 14.5 Å². The Morgan fingerprint density at radius 2 is 1.18 bits per heavy atom. The molecule has 0 amide bonds. The zero-order valence-electron chi connectivity index (χ0n) is 37.6. The summed E-state index contributed by atoms with van der Waals surface area (Å²) in [6.45, 7) is 0. The van der Waals surface area contributed by atoms with Gasteiger partial charge in [-0.05, 0) is 65.7 Å². The number of rotatable bonds is 4. The normalized spacial score (nSPS) is 14.9. The molecule has 0 fully saturated rings. The van der Waals surface area contributed by atoms with Gasteiger partial charge in [0, 0.05) is 62.1 Å². The van der Waals surface area contributed by atoms with Crippen LogP contribution in [0.25, 0.3) is 93.9 Å². The van der Waals surface area contributed by atoms with Crippen molar-refractivity contribution in [1.82, 2.24) is 23.7 Å². The molecule has 0 radical (unpaired) electrons. The molecule has 5 aromatic heterocycles. The summed E-state index contributed by atoms with van der Waals surface area (Å²) < 4.78 is 105. The molecule has 0 bridgehead atoms. The number of nitrogens with zero attached hydrogens (tertiary/aromatic N) is 5. The second-order valence-corrected chi connectivity index (χ2v) is 12.3. The van der Waals surface area contributed by atoms with Gasteiger partial charge in [0.25, 0.3) is 0 Å². The Balaban J connectivity index is 1.32. The molecule has 0 aliphatic heterocycles. The van der Waals surface area contributed by atoms with Gasteiger partial charge in [-0.1, -0.05) is 103 Å². The van der Waals surface area contributed by atoms with Crippen molar-refractivity contribution >= 4 is 65.5 Å². The van der Waals surface area contributed by atoms with Crippen molar-refractivity contribution < 1.29 is 15.1 Å². The Bertz CT molecular complexity index is 3770. The van der Waals surface area contributed by atoms with E-state index in [9.17, 15) is 5.48 Å². The van der Waals surface area contributed by atoms with Crippen LogP contribution in [0.4, 0.5) is 0 Å². The van der Waals surface area contributed by atoms with Crippen LogP contribution < -0.4 is 0 Å². The molecule has 0 unspecified atom stereocenters. The van der Waals surface area contributed by atoms with Crippen LogP contribution >= 0.6 is 0 Å². The third-order valence-electron chi connectivity index (χ3n) is 9.52. The molecule has 0 saturated heterocycles. The lowest BCUT2D eigenvalue weighted by Crippen LogP contribution is -2.00. The molecule has 51 heavy (non-hydrogen) atoms. The van der Waals surface area contributed by atoms with Crippen molar-refractivity contribution in [2.45, 2.75) is 0 Å². The number of pyridine rings is 2. The van der Waals surface area contributed by atoms with Crippen LogP contribution in [0.15, 0.2) is 176 Å². The van der Waals surface area contributed by atoms with E-state index in [1.807, 2.05) is 78.9 Å². The van der Waals surface area contributed by atoms with Crippen molar-refractivity contribution in [3.05, 3.63) is 176 Å². The van der Waals surface area contributed by atoms with E-state index in [0.717, 1.165) is 27.5 Å². The molecule has 0 aliphatic rings. The smallest absolute Gasteiger partial charge is 0.145 e. The van der Waals surface area contributed by atoms with Gasteiger partial charge in [0.1, 0.15) is 11.5 Å². The Morgan fingerprint density at radius 3 is 2.08 bits per heavy atom. The zero-order valence-corrected chi connectivity index (χ0v) is 26.6. The molecule has 5 nitrogen and oxygen atoms in total. The number of aromatic nitrogens is 5. The zero-order chi connectivity index (χ0) is 43.0. The Hall–Kier alpha value is -6.98. The lowest BCUT2D eigenvalue weighted by atomic mass is 10.0.